The monoisotopic (exact) mass is 363 g/mol. The standard InChI is InChI=1S/C18H21NO7/c1-25-17(23)10-7-11(18(24)26-2)9-12(8-10)19-15(20)13-5-3-4-6-14(13)16(21)22/h7-9,13-14H,3-6H2,1-2H3,(H,19,20)(H,21,22)/t13-,14+/m0/s1. The summed E-state index contributed by atoms with van der Waals surface area (Å²) in [5.41, 5.74) is 0.348. The van der Waals surface area contributed by atoms with Crippen LogP contribution < -0.4 is 5.32 Å². The summed E-state index contributed by atoms with van der Waals surface area (Å²) in [6.07, 6.45) is 2.47. The third-order valence-electron chi connectivity index (χ3n) is 4.46. The van der Waals surface area contributed by atoms with E-state index in [1.54, 1.807) is 0 Å². The fourth-order valence-corrected chi connectivity index (χ4v) is 3.15. The zero-order valence-corrected chi connectivity index (χ0v) is 14.6. The van der Waals surface area contributed by atoms with E-state index in [2.05, 4.69) is 14.8 Å². The van der Waals surface area contributed by atoms with Crippen molar-refractivity contribution in [1.82, 2.24) is 0 Å². The third-order valence-corrected chi connectivity index (χ3v) is 4.46. The molecule has 1 amide bonds. The summed E-state index contributed by atoms with van der Waals surface area (Å²) in [4.78, 5) is 47.5. The topological polar surface area (TPSA) is 119 Å². The molecule has 2 rings (SSSR count). The molecular weight excluding hydrogens is 342 g/mol. The van der Waals surface area contributed by atoms with Crippen molar-refractivity contribution in [2.24, 2.45) is 11.8 Å². The van der Waals surface area contributed by atoms with E-state index < -0.39 is 35.7 Å². The molecule has 1 aromatic carbocycles. The Morgan fingerprint density at radius 2 is 1.42 bits per heavy atom. The van der Waals surface area contributed by atoms with Gasteiger partial charge in [-0.15, -0.1) is 0 Å². The lowest BCUT2D eigenvalue weighted by Crippen LogP contribution is -2.36. The zero-order chi connectivity index (χ0) is 19.3. The molecule has 2 N–H and O–H groups in total. The lowest BCUT2D eigenvalue weighted by molar-refractivity contribution is -0.147. The largest absolute Gasteiger partial charge is 0.481 e. The van der Waals surface area contributed by atoms with E-state index >= 15 is 0 Å². The minimum Gasteiger partial charge on any atom is -0.481 e. The van der Waals surface area contributed by atoms with Gasteiger partial charge in [0.1, 0.15) is 0 Å². The van der Waals surface area contributed by atoms with E-state index in [1.165, 1.54) is 32.4 Å². The summed E-state index contributed by atoms with van der Waals surface area (Å²) in [6, 6.07) is 4.04. The van der Waals surface area contributed by atoms with Crippen LogP contribution in [0.15, 0.2) is 18.2 Å². The van der Waals surface area contributed by atoms with E-state index in [0.29, 0.717) is 12.8 Å². The number of methoxy groups -OCH3 is 2. The molecule has 26 heavy (non-hydrogen) atoms. The second-order valence-corrected chi connectivity index (χ2v) is 6.11. The summed E-state index contributed by atoms with van der Waals surface area (Å²) >= 11 is 0. The van der Waals surface area contributed by atoms with Crippen molar-refractivity contribution in [2.75, 3.05) is 19.5 Å². The quantitative estimate of drug-likeness (QED) is 0.769. The van der Waals surface area contributed by atoms with Crippen molar-refractivity contribution in [1.29, 1.82) is 0 Å². The molecule has 0 saturated heterocycles. The van der Waals surface area contributed by atoms with Crippen LogP contribution in [-0.4, -0.2) is 43.1 Å². The molecule has 0 radical (unpaired) electrons. The number of aliphatic carboxylic acids is 1. The molecule has 1 fully saturated rings. The number of carboxylic acid groups (broad SMARTS) is 1. The Morgan fingerprint density at radius 1 is 0.923 bits per heavy atom. The molecule has 140 valence electrons. The van der Waals surface area contributed by atoms with Gasteiger partial charge in [-0.2, -0.15) is 0 Å². The van der Waals surface area contributed by atoms with Gasteiger partial charge in [-0.25, -0.2) is 9.59 Å². The minimum atomic E-state index is -0.997. The van der Waals surface area contributed by atoms with Crippen LogP contribution in [0.2, 0.25) is 0 Å². The molecule has 2 atom stereocenters. The van der Waals surface area contributed by atoms with E-state index in [4.69, 9.17) is 0 Å². The van der Waals surface area contributed by atoms with Gasteiger partial charge in [0.05, 0.1) is 37.2 Å². The number of anilines is 1. The summed E-state index contributed by atoms with van der Waals surface area (Å²) in [7, 11) is 2.40. The molecule has 1 aliphatic rings. The van der Waals surface area contributed by atoms with Crippen molar-refractivity contribution in [3.05, 3.63) is 29.3 Å². The van der Waals surface area contributed by atoms with Crippen LogP contribution in [-0.2, 0) is 19.1 Å². The van der Waals surface area contributed by atoms with Gasteiger partial charge in [0.15, 0.2) is 0 Å². The maximum atomic E-state index is 12.6. The average molecular weight is 363 g/mol. The molecule has 0 spiro atoms. The van der Waals surface area contributed by atoms with Gasteiger partial charge in [-0.3, -0.25) is 9.59 Å². The molecular formula is C18H21NO7. The Labute approximate surface area is 150 Å². The minimum absolute atomic E-state index is 0.0733. The van der Waals surface area contributed by atoms with Gasteiger partial charge in [0.2, 0.25) is 5.91 Å². The van der Waals surface area contributed by atoms with Crippen LogP contribution in [0.5, 0.6) is 0 Å². The highest BCUT2D eigenvalue weighted by Crippen LogP contribution is 2.31. The van der Waals surface area contributed by atoms with Crippen LogP contribution in [0.4, 0.5) is 5.69 Å². The first-order valence-corrected chi connectivity index (χ1v) is 8.22. The summed E-state index contributed by atoms with van der Waals surface area (Å²) in [5, 5.41) is 11.9. The van der Waals surface area contributed by atoms with Gasteiger partial charge in [0.25, 0.3) is 0 Å². The molecule has 0 heterocycles. The van der Waals surface area contributed by atoms with Crippen LogP contribution in [0.3, 0.4) is 0 Å². The van der Waals surface area contributed by atoms with Crippen LogP contribution >= 0.6 is 0 Å². The number of rotatable bonds is 5. The number of nitrogens with one attached hydrogen (secondary N) is 1. The zero-order valence-electron chi connectivity index (χ0n) is 14.6. The Morgan fingerprint density at radius 3 is 1.88 bits per heavy atom. The number of hydrogen-bond donors (Lipinski definition) is 2. The van der Waals surface area contributed by atoms with Gasteiger partial charge in [-0.1, -0.05) is 12.8 Å². The normalized spacial score (nSPS) is 19.3. The number of carbonyl (C=O) groups is 4. The van der Waals surface area contributed by atoms with Gasteiger partial charge in [0, 0.05) is 5.69 Å². The number of benzene rings is 1. The van der Waals surface area contributed by atoms with Crippen molar-refractivity contribution < 1.29 is 33.8 Å². The first-order valence-electron chi connectivity index (χ1n) is 8.22. The summed E-state index contributed by atoms with van der Waals surface area (Å²) < 4.78 is 9.30. The number of hydrogen-bond acceptors (Lipinski definition) is 6. The first-order chi connectivity index (χ1) is 12.4. The number of amides is 1. The number of carbonyl (C=O) groups excluding carboxylic acids is 3. The predicted molar refractivity (Wildman–Crippen MR) is 90.8 cm³/mol. The lowest BCUT2D eigenvalue weighted by Gasteiger charge is -2.27. The maximum Gasteiger partial charge on any atom is 0.337 e. The number of ether oxygens (including phenoxy) is 2. The lowest BCUT2D eigenvalue weighted by atomic mass is 9.78. The van der Waals surface area contributed by atoms with Crippen molar-refractivity contribution >= 4 is 29.5 Å². The molecule has 0 bridgehead atoms. The molecule has 0 aromatic heterocycles. The van der Waals surface area contributed by atoms with Crippen molar-refractivity contribution in [3.63, 3.8) is 0 Å². The van der Waals surface area contributed by atoms with Gasteiger partial charge in [-0.05, 0) is 31.0 Å². The molecule has 0 aliphatic heterocycles. The Hall–Kier alpha value is -2.90. The highest BCUT2D eigenvalue weighted by Gasteiger charge is 2.35. The van der Waals surface area contributed by atoms with Crippen LogP contribution in [0.1, 0.15) is 46.4 Å². The summed E-state index contributed by atoms with van der Waals surface area (Å²) in [5.74, 6) is -4.20. The fourth-order valence-electron chi connectivity index (χ4n) is 3.15. The Bertz CT molecular complexity index is 694. The van der Waals surface area contributed by atoms with Crippen molar-refractivity contribution in [2.45, 2.75) is 25.7 Å². The van der Waals surface area contributed by atoms with E-state index in [9.17, 15) is 24.3 Å². The smallest absolute Gasteiger partial charge is 0.337 e. The van der Waals surface area contributed by atoms with Crippen LogP contribution in [0.25, 0.3) is 0 Å². The average Bonchev–Trinajstić information content (AvgIpc) is 2.66. The fraction of sp³-hybridized carbons (Fsp3) is 0.444. The van der Waals surface area contributed by atoms with Crippen LogP contribution in [0, 0.1) is 11.8 Å². The van der Waals surface area contributed by atoms with Gasteiger partial charge >= 0.3 is 17.9 Å². The molecule has 0 unspecified atom stereocenters. The predicted octanol–water partition coefficient (Wildman–Crippen LogP) is 2.09. The number of carboxylic acids is 1. The molecule has 8 heteroatoms. The Balaban J connectivity index is 2.29. The molecule has 1 aromatic rings. The summed E-state index contributed by atoms with van der Waals surface area (Å²) in [6.45, 7) is 0. The SMILES string of the molecule is COC(=O)c1cc(NC(=O)[C@H]2CCCC[C@H]2C(=O)O)cc(C(=O)OC)c1. The second-order valence-electron chi connectivity index (χ2n) is 6.11. The molecule has 1 saturated carbocycles. The molecule has 1 aliphatic carbocycles. The Kier molecular flexibility index (Phi) is 6.32. The van der Waals surface area contributed by atoms with Crippen molar-refractivity contribution in [3.8, 4) is 0 Å². The second kappa shape index (κ2) is 8.46. The highest BCUT2D eigenvalue weighted by atomic mass is 16.5. The van der Waals surface area contributed by atoms with E-state index in [-0.39, 0.29) is 16.8 Å². The first kappa shape index (κ1) is 19.4. The highest BCUT2D eigenvalue weighted by molar-refractivity contribution is 6.00. The maximum absolute atomic E-state index is 12.6. The number of esters is 2. The molecule has 8 nitrogen and oxygen atoms in total. The third kappa shape index (κ3) is 4.38. The van der Waals surface area contributed by atoms with Gasteiger partial charge < -0.3 is 19.9 Å². The van der Waals surface area contributed by atoms with E-state index in [1.807, 2.05) is 0 Å². The van der Waals surface area contributed by atoms with E-state index in [0.717, 1.165) is 12.8 Å².